The van der Waals surface area contributed by atoms with Crippen molar-refractivity contribution in [3.63, 3.8) is 0 Å². The Morgan fingerprint density at radius 2 is 1.95 bits per heavy atom. The second-order valence-corrected chi connectivity index (χ2v) is 4.94. The number of carboxylic acids is 1. The Labute approximate surface area is 123 Å². The highest BCUT2D eigenvalue weighted by Gasteiger charge is 2.15. The van der Waals surface area contributed by atoms with Crippen LogP contribution in [0, 0.1) is 13.8 Å². The number of benzene rings is 1. The molecule has 0 fully saturated rings. The summed E-state index contributed by atoms with van der Waals surface area (Å²) in [4.78, 5) is 15.6. The predicted molar refractivity (Wildman–Crippen MR) is 80.4 cm³/mol. The Kier molecular flexibility index (Phi) is 4.55. The molecule has 0 saturated carbocycles. The van der Waals surface area contributed by atoms with E-state index in [4.69, 9.17) is 5.11 Å². The zero-order valence-electron chi connectivity index (χ0n) is 12.1. The zero-order valence-corrected chi connectivity index (χ0v) is 12.1. The highest BCUT2D eigenvalue weighted by molar-refractivity contribution is 5.94. The maximum absolute atomic E-state index is 11.4. The monoisotopic (exact) mass is 286 g/mol. The van der Waals surface area contributed by atoms with Crippen LogP contribution in [0.4, 0.5) is 5.82 Å². The molecule has 1 aromatic carbocycles. The predicted octanol–water partition coefficient (Wildman–Crippen LogP) is 2.50. The molecule has 3 N–H and O–H groups in total. The van der Waals surface area contributed by atoms with Crippen molar-refractivity contribution in [2.45, 2.75) is 27.0 Å². The van der Waals surface area contributed by atoms with Crippen LogP contribution in [0.2, 0.25) is 0 Å². The third-order valence-electron chi connectivity index (χ3n) is 3.19. The highest BCUT2D eigenvalue weighted by atomic mass is 16.4. The minimum atomic E-state index is -0.994. The van der Waals surface area contributed by atoms with Gasteiger partial charge < -0.3 is 15.5 Å². The van der Waals surface area contributed by atoms with E-state index in [1.165, 1.54) is 0 Å². The summed E-state index contributed by atoms with van der Waals surface area (Å²) >= 11 is 0. The van der Waals surface area contributed by atoms with Crippen LogP contribution < -0.4 is 5.32 Å². The number of hydrogen-bond acceptors (Lipinski definition) is 4. The maximum atomic E-state index is 11.4. The summed E-state index contributed by atoms with van der Waals surface area (Å²) in [5, 5.41) is 21.5. The second-order valence-electron chi connectivity index (χ2n) is 4.94. The Morgan fingerprint density at radius 1 is 1.24 bits per heavy atom. The van der Waals surface area contributed by atoms with E-state index in [0.717, 1.165) is 16.8 Å². The molecule has 110 valence electrons. The largest absolute Gasteiger partial charge is 0.478 e. The molecule has 0 bridgehead atoms. The van der Waals surface area contributed by atoms with Gasteiger partial charge in [0.1, 0.15) is 11.4 Å². The lowest BCUT2D eigenvalue weighted by Crippen LogP contribution is -2.11. The van der Waals surface area contributed by atoms with Crippen LogP contribution in [0.1, 0.15) is 32.7 Å². The summed E-state index contributed by atoms with van der Waals surface area (Å²) in [6.07, 6.45) is 0. The zero-order chi connectivity index (χ0) is 15.4. The minimum Gasteiger partial charge on any atom is -0.478 e. The number of pyridine rings is 1. The van der Waals surface area contributed by atoms with Crippen LogP contribution in [0.3, 0.4) is 0 Å². The molecular formula is C16H18N2O3. The number of rotatable bonds is 5. The molecule has 1 aromatic heterocycles. The SMILES string of the molecule is Cc1cc(C)c(C(=O)O)c(NCc2cccc(CO)c2)n1. The van der Waals surface area contributed by atoms with Gasteiger partial charge in [-0.1, -0.05) is 24.3 Å². The summed E-state index contributed by atoms with van der Waals surface area (Å²) < 4.78 is 0. The van der Waals surface area contributed by atoms with E-state index in [9.17, 15) is 9.90 Å². The van der Waals surface area contributed by atoms with Crippen molar-refractivity contribution in [2.24, 2.45) is 0 Å². The number of nitrogens with one attached hydrogen (secondary N) is 1. The second kappa shape index (κ2) is 6.37. The Hall–Kier alpha value is -2.40. The number of aromatic carboxylic acids is 1. The lowest BCUT2D eigenvalue weighted by Gasteiger charge is -2.12. The number of hydrogen-bond donors (Lipinski definition) is 3. The van der Waals surface area contributed by atoms with Gasteiger partial charge in [0.05, 0.1) is 6.61 Å². The normalized spacial score (nSPS) is 10.4. The first-order valence-corrected chi connectivity index (χ1v) is 6.65. The van der Waals surface area contributed by atoms with Crippen molar-refractivity contribution < 1.29 is 15.0 Å². The number of carbonyl (C=O) groups is 1. The van der Waals surface area contributed by atoms with Crippen molar-refractivity contribution in [3.05, 3.63) is 58.3 Å². The number of anilines is 1. The molecule has 0 saturated heterocycles. The molecule has 2 aromatic rings. The van der Waals surface area contributed by atoms with E-state index in [1.54, 1.807) is 13.0 Å². The highest BCUT2D eigenvalue weighted by Crippen LogP contribution is 2.19. The van der Waals surface area contributed by atoms with E-state index in [2.05, 4.69) is 10.3 Å². The van der Waals surface area contributed by atoms with Gasteiger partial charge in [-0.05, 0) is 36.6 Å². The van der Waals surface area contributed by atoms with E-state index >= 15 is 0 Å². The lowest BCUT2D eigenvalue weighted by molar-refractivity contribution is 0.0696. The first-order chi connectivity index (χ1) is 10.0. The number of nitrogens with zero attached hydrogens (tertiary/aromatic N) is 1. The minimum absolute atomic E-state index is 0.0178. The fraction of sp³-hybridized carbons (Fsp3) is 0.250. The molecule has 2 rings (SSSR count). The average molecular weight is 286 g/mol. The molecule has 5 nitrogen and oxygen atoms in total. The molecule has 5 heteroatoms. The van der Waals surface area contributed by atoms with Gasteiger partial charge in [-0.3, -0.25) is 0 Å². The summed E-state index contributed by atoms with van der Waals surface area (Å²) in [7, 11) is 0. The van der Waals surface area contributed by atoms with Gasteiger partial charge in [0.15, 0.2) is 0 Å². The van der Waals surface area contributed by atoms with Crippen LogP contribution in [0.25, 0.3) is 0 Å². The Bertz CT molecular complexity index is 669. The number of carboxylic acid groups (broad SMARTS) is 1. The van der Waals surface area contributed by atoms with Crippen molar-refractivity contribution >= 4 is 11.8 Å². The average Bonchev–Trinajstić information content (AvgIpc) is 2.44. The van der Waals surface area contributed by atoms with Crippen molar-refractivity contribution in [3.8, 4) is 0 Å². The molecule has 0 aliphatic heterocycles. The molecule has 0 unspecified atom stereocenters. The third kappa shape index (κ3) is 3.58. The Morgan fingerprint density at radius 3 is 2.62 bits per heavy atom. The quantitative estimate of drug-likeness (QED) is 0.786. The van der Waals surface area contributed by atoms with Gasteiger partial charge in [0, 0.05) is 12.2 Å². The van der Waals surface area contributed by atoms with Gasteiger partial charge in [0.2, 0.25) is 0 Å². The maximum Gasteiger partial charge on any atom is 0.339 e. The molecule has 1 heterocycles. The lowest BCUT2D eigenvalue weighted by atomic mass is 10.1. The van der Waals surface area contributed by atoms with Crippen molar-refractivity contribution in [1.29, 1.82) is 0 Å². The van der Waals surface area contributed by atoms with Gasteiger partial charge in [-0.25, -0.2) is 9.78 Å². The van der Waals surface area contributed by atoms with Crippen LogP contribution >= 0.6 is 0 Å². The van der Waals surface area contributed by atoms with Gasteiger partial charge >= 0.3 is 5.97 Å². The standard InChI is InChI=1S/C16H18N2O3/c1-10-6-11(2)18-15(14(10)16(20)21)17-8-12-4-3-5-13(7-12)9-19/h3-7,19H,8-9H2,1-2H3,(H,17,18)(H,20,21). The molecule has 0 aliphatic carbocycles. The van der Waals surface area contributed by atoms with E-state index in [1.807, 2.05) is 31.2 Å². The van der Waals surface area contributed by atoms with Gasteiger partial charge in [-0.15, -0.1) is 0 Å². The molecule has 0 aliphatic rings. The smallest absolute Gasteiger partial charge is 0.339 e. The van der Waals surface area contributed by atoms with Crippen LogP contribution in [-0.4, -0.2) is 21.2 Å². The fourth-order valence-electron chi connectivity index (χ4n) is 2.26. The van der Waals surface area contributed by atoms with Crippen molar-refractivity contribution in [2.75, 3.05) is 5.32 Å². The molecule has 0 radical (unpaired) electrons. The van der Waals surface area contributed by atoms with Crippen LogP contribution in [0.5, 0.6) is 0 Å². The fourth-order valence-corrected chi connectivity index (χ4v) is 2.26. The number of aliphatic hydroxyl groups excluding tert-OH is 1. The molecule has 0 atom stereocenters. The van der Waals surface area contributed by atoms with E-state index < -0.39 is 5.97 Å². The number of aliphatic hydroxyl groups is 1. The molecule has 21 heavy (non-hydrogen) atoms. The van der Waals surface area contributed by atoms with Crippen LogP contribution in [0.15, 0.2) is 30.3 Å². The summed E-state index contributed by atoms with van der Waals surface area (Å²) in [5.74, 6) is -0.624. The number of aromatic nitrogens is 1. The first kappa shape index (κ1) is 15.0. The Balaban J connectivity index is 2.25. The van der Waals surface area contributed by atoms with Crippen molar-refractivity contribution in [1.82, 2.24) is 4.98 Å². The first-order valence-electron chi connectivity index (χ1n) is 6.65. The number of aryl methyl sites for hydroxylation is 2. The summed E-state index contributed by atoms with van der Waals surface area (Å²) in [6.45, 7) is 4.02. The molecule has 0 spiro atoms. The van der Waals surface area contributed by atoms with Gasteiger partial charge in [-0.2, -0.15) is 0 Å². The van der Waals surface area contributed by atoms with Crippen LogP contribution in [-0.2, 0) is 13.2 Å². The topological polar surface area (TPSA) is 82.5 Å². The van der Waals surface area contributed by atoms with Gasteiger partial charge in [0.25, 0.3) is 0 Å². The molecular weight excluding hydrogens is 268 g/mol. The summed E-state index contributed by atoms with van der Waals surface area (Å²) in [5.41, 5.74) is 3.42. The van der Waals surface area contributed by atoms with E-state index in [-0.39, 0.29) is 12.2 Å². The molecule has 0 amide bonds. The third-order valence-corrected chi connectivity index (χ3v) is 3.19. The summed E-state index contributed by atoms with van der Waals surface area (Å²) in [6, 6.07) is 9.23. The van der Waals surface area contributed by atoms with E-state index in [0.29, 0.717) is 17.9 Å².